The highest BCUT2D eigenvalue weighted by atomic mass is 35.5. The molecule has 5 nitrogen and oxygen atoms in total. The Labute approximate surface area is 94.5 Å². The number of hydrogen-bond acceptors (Lipinski definition) is 5. The van der Waals surface area contributed by atoms with E-state index in [4.69, 9.17) is 10.3 Å². The fraction of sp³-hybridized carbons (Fsp3) is 0.778. The molecule has 0 saturated heterocycles. The number of rotatable bonds is 4. The van der Waals surface area contributed by atoms with Crippen molar-refractivity contribution in [2.24, 2.45) is 5.73 Å². The van der Waals surface area contributed by atoms with E-state index in [1.54, 1.807) is 0 Å². The fourth-order valence-electron chi connectivity index (χ4n) is 1.28. The Balaban J connectivity index is 0.00000112. The van der Waals surface area contributed by atoms with E-state index in [9.17, 15) is 5.11 Å². The van der Waals surface area contributed by atoms with Crippen LogP contribution in [0.3, 0.4) is 0 Å². The number of nitrogens with zero attached hydrogens (tertiary/aromatic N) is 2. The van der Waals surface area contributed by atoms with Crippen molar-refractivity contribution in [3.05, 3.63) is 11.7 Å². The van der Waals surface area contributed by atoms with Crippen molar-refractivity contribution >= 4 is 12.4 Å². The molecule has 1 aliphatic carbocycles. The molecule has 3 N–H and O–H groups in total. The van der Waals surface area contributed by atoms with Crippen LogP contribution in [0.15, 0.2) is 4.52 Å². The minimum absolute atomic E-state index is 0. The maximum absolute atomic E-state index is 9.68. The van der Waals surface area contributed by atoms with Gasteiger partial charge in [-0.05, 0) is 19.3 Å². The maximum atomic E-state index is 9.68. The van der Waals surface area contributed by atoms with Gasteiger partial charge in [-0.15, -0.1) is 12.4 Å². The van der Waals surface area contributed by atoms with E-state index < -0.39 is 6.10 Å². The van der Waals surface area contributed by atoms with Crippen LogP contribution in [0.5, 0.6) is 0 Å². The molecule has 1 unspecified atom stereocenters. The van der Waals surface area contributed by atoms with Crippen molar-refractivity contribution in [1.82, 2.24) is 10.1 Å². The lowest BCUT2D eigenvalue weighted by molar-refractivity contribution is 0.105. The molecule has 0 bridgehead atoms. The summed E-state index contributed by atoms with van der Waals surface area (Å²) in [4.78, 5) is 4.13. The Morgan fingerprint density at radius 3 is 2.80 bits per heavy atom. The van der Waals surface area contributed by atoms with Gasteiger partial charge in [0.1, 0.15) is 6.10 Å². The molecule has 6 heteroatoms. The van der Waals surface area contributed by atoms with Gasteiger partial charge >= 0.3 is 0 Å². The van der Waals surface area contributed by atoms with Crippen LogP contribution in [0.1, 0.15) is 49.9 Å². The first-order valence-corrected chi connectivity index (χ1v) is 4.99. The van der Waals surface area contributed by atoms with Gasteiger partial charge in [-0.25, -0.2) is 0 Å². The second-order valence-electron chi connectivity index (χ2n) is 3.78. The van der Waals surface area contributed by atoms with E-state index in [0.717, 1.165) is 12.8 Å². The summed E-state index contributed by atoms with van der Waals surface area (Å²) in [5.74, 6) is 1.40. The van der Waals surface area contributed by atoms with E-state index in [2.05, 4.69) is 10.1 Å². The Kier molecular flexibility index (Phi) is 4.07. The van der Waals surface area contributed by atoms with Crippen LogP contribution < -0.4 is 5.73 Å². The summed E-state index contributed by atoms with van der Waals surface area (Å²) < 4.78 is 4.96. The topological polar surface area (TPSA) is 85.2 Å². The highest BCUT2D eigenvalue weighted by Crippen LogP contribution is 2.38. The van der Waals surface area contributed by atoms with Crippen LogP contribution >= 0.6 is 12.4 Å². The summed E-state index contributed by atoms with van der Waals surface area (Å²) >= 11 is 0. The molecular weight excluding hydrogens is 218 g/mol. The SMILES string of the molecule is CCC(N)[C@H](O)c1nc(C2CC2)no1.Cl. The molecule has 1 aliphatic rings. The molecule has 0 aromatic carbocycles. The lowest BCUT2D eigenvalue weighted by Crippen LogP contribution is -2.27. The molecule has 0 radical (unpaired) electrons. The first-order chi connectivity index (χ1) is 6.72. The van der Waals surface area contributed by atoms with Gasteiger partial charge in [0.15, 0.2) is 5.82 Å². The zero-order valence-corrected chi connectivity index (χ0v) is 9.41. The highest BCUT2D eigenvalue weighted by Gasteiger charge is 2.30. The van der Waals surface area contributed by atoms with Crippen molar-refractivity contribution in [2.75, 3.05) is 0 Å². The van der Waals surface area contributed by atoms with E-state index in [1.807, 2.05) is 6.92 Å². The molecule has 86 valence electrons. The van der Waals surface area contributed by atoms with Gasteiger partial charge in [0.2, 0.25) is 0 Å². The van der Waals surface area contributed by atoms with Crippen molar-refractivity contribution in [3.8, 4) is 0 Å². The van der Waals surface area contributed by atoms with Crippen LogP contribution in [-0.4, -0.2) is 21.3 Å². The predicted octanol–water partition coefficient (Wildman–Crippen LogP) is 1.14. The van der Waals surface area contributed by atoms with Gasteiger partial charge in [0.25, 0.3) is 5.89 Å². The van der Waals surface area contributed by atoms with Gasteiger partial charge in [-0.2, -0.15) is 4.98 Å². The van der Waals surface area contributed by atoms with Crippen molar-refractivity contribution in [1.29, 1.82) is 0 Å². The number of hydrogen-bond donors (Lipinski definition) is 2. The smallest absolute Gasteiger partial charge is 0.257 e. The average Bonchev–Trinajstić information content (AvgIpc) is 2.94. The Morgan fingerprint density at radius 1 is 1.60 bits per heavy atom. The normalized spacial score (nSPS) is 19.4. The van der Waals surface area contributed by atoms with Crippen LogP contribution in [0, 0.1) is 0 Å². The molecule has 2 rings (SSSR count). The molecule has 0 spiro atoms. The van der Waals surface area contributed by atoms with Gasteiger partial charge in [0, 0.05) is 12.0 Å². The van der Waals surface area contributed by atoms with Gasteiger partial charge < -0.3 is 15.4 Å². The van der Waals surface area contributed by atoms with E-state index in [-0.39, 0.29) is 24.3 Å². The molecule has 2 atom stereocenters. The average molecular weight is 234 g/mol. The van der Waals surface area contributed by atoms with E-state index in [0.29, 0.717) is 18.2 Å². The third-order valence-electron chi connectivity index (χ3n) is 2.53. The quantitative estimate of drug-likeness (QED) is 0.815. The first-order valence-electron chi connectivity index (χ1n) is 4.99. The minimum Gasteiger partial charge on any atom is -0.382 e. The molecule has 1 aromatic rings. The number of aliphatic hydroxyl groups excluding tert-OH is 1. The monoisotopic (exact) mass is 233 g/mol. The molecular formula is C9H16ClN3O2. The molecule has 1 saturated carbocycles. The minimum atomic E-state index is -0.833. The summed E-state index contributed by atoms with van der Waals surface area (Å²) in [6, 6.07) is -0.331. The third-order valence-corrected chi connectivity index (χ3v) is 2.53. The first kappa shape index (κ1) is 12.4. The lowest BCUT2D eigenvalue weighted by Gasteiger charge is -2.11. The fourth-order valence-corrected chi connectivity index (χ4v) is 1.28. The summed E-state index contributed by atoms with van der Waals surface area (Å²) in [5, 5.41) is 13.5. The lowest BCUT2D eigenvalue weighted by atomic mass is 10.1. The zero-order valence-electron chi connectivity index (χ0n) is 8.59. The second kappa shape index (κ2) is 4.92. The number of halogens is 1. The molecule has 15 heavy (non-hydrogen) atoms. The molecule has 1 fully saturated rings. The third kappa shape index (κ3) is 2.68. The van der Waals surface area contributed by atoms with Crippen molar-refractivity contribution in [2.45, 2.75) is 44.2 Å². The Hall–Kier alpha value is -0.650. The van der Waals surface area contributed by atoms with Gasteiger partial charge in [0.05, 0.1) is 0 Å². The molecule has 0 amide bonds. The highest BCUT2D eigenvalue weighted by molar-refractivity contribution is 5.85. The molecule has 1 heterocycles. The van der Waals surface area contributed by atoms with Gasteiger partial charge in [-0.3, -0.25) is 0 Å². The summed E-state index contributed by atoms with van der Waals surface area (Å²) in [7, 11) is 0. The number of nitrogens with two attached hydrogens (primary N) is 1. The van der Waals surface area contributed by atoms with Crippen LogP contribution in [0.25, 0.3) is 0 Å². The van der Waals surface area contributed by atoms with Crippen LogP contribution in [0.2, 0.25) is 0 Å². The standard InChI is InChI=1S/C9H15N3O2.ClH/c1-2-6(10)7(13)9-11-8(12-14-9)5-3-4-5;/h5-7,13H,2-4,10H2,1H3;1H/t6?,7-;/m0./s1. The van der Waals surface area contributed by atoms with Crippen molar-refractivity contribution < 1.29 is 9.63 Å². The van der Waals surface area contributed by atoms with Crippen molar-refractivity contribution in [3.63, 3.8) is 0 Å². The maximum Gasteiger partial charge on any atom is 0.257 e. The predicted molar refractivity (Wildman–Crippen MR) is 56.7 cm³/mol. The van der Waals surface area contributed by atoms with Crippen LogP contribution in [-0.2, 0) is 0 Å². The number of aromatic nitrogens is 2. The van der Waals surface area contributed by atoms with E-state index >= 15 is 0 Å². The number of aliphatic hydroxyl groups is 1. The van der Waals surface area contributed by atoms with E-state index in [1.165, 1.54) is 0 Å². The Bertz CT molecular complexity index is 314. The Morgan fingerprint density at radius 2 is 2.27 bits per heavy atom. The summed E-state index contributed by atoms with van der Waals surface area (Å²) in [6.07, 6.45) is 2.09. The second-order valence-corrected chi connectivity index (χ2v) is 3.78. The molecule has 0 aliphatic heterocycles. The summed E-state index contributed by atoms with van der Waals surface area (Å²) in [6.45, 7) is 1.91. The van der Waals surface area contributed by atoms with Gasteiger partial charge in [-0.1, -0.05) is 12.1 Å². The summed E-state index contributed by atoms with van der Waals surface area (Å²) in [5.41, 5.74) is 5.67. The molecule has 1 aromatic heterocycles. The van der Waals surface area contributed by atoms with Crippen LogP contribution in [0.4, 0.5) is 0 Å². The zero-order chi connectivity index (χ0) is 10.1. The largest absolute Gasteiger partial charge is 0.382 e.